The highest BCUT2D eigenvalue weighted by Crippen LogP contribution is 2.37. The van der Waals surface area contributed by atoms with Crippen molar-refractivity contribution in [1.29, 1.82) is 0 Å². The van der Waals surface area contributed by atoms with Gasteiger partial charge in [0.2, 0.25) is 0 Å². The van der Waals surface area contributed by atoms with Crippen molar-refractivity contribution in [3.8, 4) is 17.0 Å². The van der Waals surface area contributed by atoms with Crippen molar-refractivity contribution in [3.63, 3.8) is 0 Å². The van der Waals surface area contributed by atoms with Crippen LogP contribution in [0, 0.1) is 6.92 Å². The van der Waals surface area contributed by atoms with Crippen LogP contribution in [0.4, 0.5) is 10.8 Å². The molecule has 142 valence electrons. The molecule has 28 heavy (non-hydrogen) atoms. The lowest BCUT2D eigenvalue weighted by Crippen LogP contribution is -2.34. The molecule has 2 heterocycles. The molecule has 0 fully saturated rings. The molecule has 0 saturated heterocycles. The maximum Gasteiger partial charge on any atom is 0.265 e. The fourth-order valence-corrected chi connectivity index (χ4v) is 3.80. The first kappa shape index (κ1) is 18.5. The van der Waals surface area contributed by atoms with Crippen LogP contribution in [-0.4, -0.2) is 22.9 Å². The Morgan fingerprint density at radius 3 is 2.75 bits per heavy atom. The highest BCUT2D eigenvalue weighted by Gasteiger charge is 2.24. The van der Waals surface area contributed by atoms with Crippen molar-refractivity contribution in [2.45, 2.75) is 20.0 Å². The number of nitrogens with one attached hydrogen (secondary N) is 2. The Kier molecular flexibility index (Phi) is 4.78. The van der Waals surface area contributed by atoms with Crippen LogP contribution < -0.4 is 15.4 Å². The zero-order chi connectivity index (χ0) is 19.8. The largest absolute Gasteiger partial charge is 0.479 e. The normalized spacial score (nSPS) is 15.4. The predicted molar refractivity (Wildman–Crippen MR) is 110 cm³/mol. The van der Waals surface area contributed by atoms with E-state index in [1.54, 1.807) is 31.2 Å². The number of nitrogens with zero attached hydrogens (tertiary/aromatic N) is 1. The van der Waals surface area contributed by atoms with E-state index in [0.29, 0.717) is 27.2 Å². The Labute approximate surface area is 170 Å². The lowest BCUT2D eigenvalue weighted by atomic mass is 10.1. The molecule has 4 rings (SSSR count). The van der Waals surface area contributed by atoms with E-state index in [2.05, 4.69) is 15.6 Å². The molecule has 2 amide bonds. The molecule has 0 bridgehead atoms. The Morgan fingerprint density at radius 1 is 1.25 bits per heavy atom. The number of carbonyl (C=O) groups excluding carboxylic acids is 2. The minimum atomic E-state index is -0.519. The van der Waals surface area contributed by atoms with Crippen molar-refractivity contribution < 1.29 is 14.3 Å². The average molecular weight is 414 g/mol. The van der Waals surface area contributed by atoms with Crippen LogP contribution in [0.25, 0.3) is 11.3 Å². The van der Waals surface area contributed by atoms with Gasteiger partial charge in [0.1, 0.15) is 5.75 Å². The number of thiazole rings is 1. The number of hydrogen-bond donors (Lipinski definition) is 2. The number of carbonyl (C=O) groups is 2. The summed E-state index contributed by atoms with van der Waals surface area (Å²) in [7, 11) is 0. The summed E-state index contributed by atoms with van der Waals surface area (Å²) < 4.78 is 5.58. The second kappa shape index (κ2) is 7.26. The van der Waals surface area contributed by atoms with E-state index < -0.39 is 6.10 Å². The van der Waals surface area contributed by atoms with E-state index in [1.807, 2.05) is 25.1 Å². The van der Waals surface area contributed by atoms with Crippen molar-refractivity contribution in [2.75, 3.05) is 10.6 Å². The number of hydrogen-bond acceptors (Lipinski definition) is 5. The third-order valence-electron chi connectivity index (χ3n) is 4.31. The summed E-state index contributed by atoms with van der Waals surface area (Å²) >= 11 is 7.24. The van der Waals surface area contributed by atoms with Gasteiger partial charge in [-0.2, -0.15) is 0 Å². The van der Waals surface area contributed by atoms with Gasteiger partial charge in [-0.25, -0.2) is 4.98 Å². The summed E-state index contributed by atoms with van der Waals surface area (Å²) in [5.41, 5.74) is 2.69. The van der Waals surface area contributed by atoms with Crippen LogP contribution in [0.2, 0.25) is 5.02 Å². The fourth-order valence-electron chi connectivity index (χ4n) is 2.84. The van der Waals surface area contributed by atoms with E-state index in [9.17, 15) is 9.59 Å². The summed E-state index contributed by atoms with van der Waals surface area (Å²) in [6.45, 7) is 3.63. The van der Waals surface area contributed by atoms with Crippen LogP contribution in [0.15, 0.2) is 42.5 Å². The van der Waals surface area contributed by atoms with Gasteiger partial charge in [0.15, 0.2) is 11.2 Å². The third kappa shape index (κ3) is 3.58. The number of aryl methyl sites for hydroxylation is 1. The number of amides is 2. The van der Waals surface area contributed by atoms with Crippen molar-refractivity contribution in [3.05, 3.63) is 57.9 Å². The Bertz CT molecular complexity index is 1080. The molecule has 2 aromatic carbocycles. The molecule has 1 aliphatic rings. The number of rotatable bonds is 3. The van der Waals surface area contributed by atoms with Gasteiger partial charge in [-0.15, -0.1) is 11.3 Å². The molecule has 1 aliphatic heterocycles. The number of ether oxygens (including phenoxy) is 1. The molecule has 8 heteroatoms. The molecule has 0 aliphatic carbocycles. The van der Waals surface area contributed by atoms with Crippen LogP contribution in [-0.2, 0) is 4.79 Å². The van der Waals surface area contributed by atoms with E-state index in [1.165, 1.54) is 11.3 Å². The van der Waals surface area contributed by atoms with Gasteiger partial charge in [-0.05, 0) is 56.3 Å². The summed E-state index contributed by atoms with van der Waals surface area (Å²) in [6.07, 6.45) is -0.519. The number of halogens is 1. The monoisotopic (exact) mass is 413 g/mol. The number of anilines is 2. The van der Waals surface area contributed by atoms with Gasteiger partial charge in [0, 0.05) is 21.0 Å². The summed E-state index contributed by atoms with van der Waals surface area (Å²) in [5, 5.41) is 6.72. The smallest absolute Gasteiger partial charge is 0.265 e. The van der Waals surface area contributed by atoms with Gasteiger partial charge >= 0.3 is 0 Å². The maximum absolute atomic E-state index is 12.4. The van der Waals surface area contributed by atoms with Crippen LogP contribution >= 0.6 is 22.9 Å². The molecule has 1 aromatic heterocycles. The molecule has 0 radical (unpaired) electrons. The lowest BCUT2D eigenvalue weighted by molar-refractivity contribution is -0.122. The molecule has 0 spiro atoms. The molecular weight excluding hydrogens is 398 g/mol. The van der Waals surface area contributed by atoms with Gasteiger partial charge in [-0.3, -0.25) is 14.9 Å². The molecule has 1 atom stereocenters. The first-order chi connectivity index (χ1) is 13.4. The first-order valence-electron chi connectivity index (χ1n) is 8.57. The summed E-state index contributed by atoms with van der Waals surface area (Å²) in [6, 6.07) is 12.2. The van der Waals surface area contributed by atoms with Gasteiger partial charge in [-0.1, -0.05) is 11.6 Å². The first-order valence-corrected chi connectivity index (χ1v) is 9.76. The van der Waals surface area contributed by atoms with Gasteiger partial charge in [0.25, 0.3) is 11.8 Å². The molecule has 3 aromatic rings. The average Bonchev–Trinajstić information content (AvgIpc) is 3.03. The second-order valence-corrected chi connectivity index (χ2v) is 7.98. The van der Waals surface area contributed by atoms with Crippen LogP contribution in [0.1, 0.15) is 22.2 Å². The SMILES string of the molecule is Cc1sc(NC(=O)c2ccc(Cl)cc2)nc1-c1ccc2c(c1)NC(=O)C(C)O2. The van der Waals surface area contributed by atoms with Crippen molar-refractivity contribution >= 4 is 45.6 Å². The zero-order valence-electron chi connectivity index (χ0n) is 15.1. The maximum atomic E-state index is 12.4. The Hall–Kier alpha value is -2.90. The highest BCUT2D eigenvalue weighted by atomic mass is 35.5. The molecule has 0 saturated carbocycles. The van der Waals surface area contributed by atoms with Crippen molar-refractivity contribution in [2.24, 2.45) is 0 Å². The van der Waals surface area contributed by atoms with Gasteiger partial charge in [0.05, 0.1) is 11.4 Å². The minimum Gasteiger partial charge on any atom is -0.479 e. The van der Waals surface area contributed by atoms with E-state index in [0.717, 1.165) is 16.1 Å². The lowest BCUT2D eigenvalue weighted by Gasteiger charge is -2.23. The van der Waals surface area contributed by atoms with Gasteiger partial charge < -0.3 is 10.1 Å². The van der Waals surface area contributed by atoms with Crippen molar-refractivity contribution in [1.82, 2.24) is 4.98 Å². The van der Waals surface area contributed by atoms with Crippen LogP contribution in [0.5, 0.6) is 5.75 Å². The topological polar surface area (TPSA) is 80.3 Å². The molecule has 2 N–H and O–H groups in total. The fraction of sp³-hybridized carbons (Fsp3) is 0.150. The number of fused-ring (bicyclic) bond motifs is 1. The summed E-state index contributed by atoms with van der Waals surface area (Å²) in [5.74, 6) is 0.188. The predicted octanol–water partition coefficient (Wildman–Crippen LogP) is 4.74. The standard InChI is InChI=1S/C20H16ClN3O3S/c1-10-18(25)22-15-9-13(5-8-16(15)27-10)17-11(2)28-20(23-17)24-19(26)12-3-6-14(21)7-4-12/h3-10H,1-2H3,(H,22,25)(H,23,24,26). The quantitative estimate of drug-likeness (QED) is 0.649. The Morgan fingerprint density at radius 2 is 2.00 bits per heavy atom. The van der Waals surface area contributed by atoms with Crippen LogP contribution in [0.3, 0.4) is 0 Å². The molecular formula is C20H16ClN3O3S. The third-order valence-corrected chi connectivity index (χ3v) is 5.45. The number of benzene rings is 2. The van der Waals surface area contributed by atoms with E-state index in [4.69, 9.17) is 16.3 Å². The highest BCUT2D eigenvalue weighted by molar-refractivity contribution is 7.16. The number of aromatic nitrogens is 1. The summed E-state index contributed by atoms with van der Waals surface area (Å²) in [4.78, 5) is 29.7. The molecule has 6 nitrogen and oxygen atoms in total. The van der Waals surface area contributed by atoms with E-state index in [-0.39, 0.29) is 11.8 Å². The minimum absolute atomic E-state index is 0.185. The molecule has 1 unspecified atom stereocenters. The van der Waals surface area contributed by atoms with E-state index >= 15 is 0 Å². The zero-order valence-corrected chi connectivity index (χ0v) is 16.6. The second-order valence-electron chi connectivity index (χ2n) is 6.35. The Balaban J connectivity index is 1.58.